The molecule has 25 heavy (non-hydrogen) atoms. The van der Waals surface area contributed by atoms with E-state index in [0.29, 0.717) is 17.8 Å². The number of anilines is 1. The molecule has 0 aliphatic heterocycles. The molecule has 0 heterocycles. The van der Waals surface area contributed by atoms with Crippen molar-refractivity contribution in [3.8, 4) is 0 Å². The van der Waals surface area contributed by atoms with E-state index in [0.717, 1.165) is 19.5 Å². The molecule has 0 unspecified atom stereocenters. The van der Waals surface area contributed by atoms with Crippen LogP contribution in [0.15, 0.2) is 54.6 Å². The number of carbonyl (C=O) groups is 2. The minimum Gasteiger partial charge on any atom is -0.465 e. The first-order valence-corrected chi connectivity index (χ1v) is 8.37. The molecule has 2 aromatic carbocycles. The van der Waals surface area contributed by atoms with Crippen molar-refractivity contribution in [2.24, 2.45) is 0 Å². The fourth-order valence-electron chi connectivity index (χ4n) is 2.62. The van der Waals surface area contributed by atoms with E-state index in [-0.39, 0.29) is 5.91 Å². The molecule has 0 saturated carbocycles. The van der Waals surface area contributed by atoms with E-state index in [1.165, 1.54) is 12.7 Å². The van der Waals surface area contributed by atoms with Crippen LogP contribution >= 0.6 is 0 Å². The van der Waals surface area contributed by atoms with Gasteiger partial charge in [-0.3, -0.25) is 9.69 Å². The van der Waals surface area contributed by atoms with Gasteiger partial charge >= 0.3 is 5.97 Å². The summed E-state index contributed by atoms with van der Waals surface area (Å²) >= 11 is 0. The van der Waals surface area contributed by atoms with E-state index in [9.17, 15) is 9.59 Å². The van der Waals surface area contributed by atoms with Crippen LogP contribution < -0.4 is 5.32 Å². The zero-order valence-electron chi connectivity index (χ0n) is 14.7. The number of carbonyl (C=O) groups excluding carboxylic acids is 2. The lowest BCUT2D eigenvalue weighted by molar-refractivity contribution is -0.117. The Morgan fingerprint density at radius 3 is 2.52 bits per heavy atom. The van der Waals surface area contributed by atoms with Gasteiger partial charge in [0.15, 0.2) is 0 Å². The molecule has 0 bridgehead atoms. The zero-order chi connectivity index (χ0) is 18.1. The number of nitrogens with one attached hydrogen (secondary N) is 1. The molecule has 0 saturated heterocycles. The van der Waals surface area contributed by atoms with Crippen LogP contribution in [-0.4, -0.2) is 37.0 Å². The number of hydrogen-bond donors (Lipinski definition) is 1. The molecule has 0 spiro atoms. The fraction of sp³-hybridized carbons (Fsp3) is 0.300. The highest BCUT2D eigenvalue weighted by molar-refractivity contribution is 5.95. The summed E-state index contributed by atoms with van der Waals surface area (Å²) in [5.74, 6) is -0.529. The molecule has 2 aromatic rings. The number of rotatable bonds is 8. The van der Waals surface area contributed by atoms with E-state index in [2.05, 4.69) is 29.3 Å². The van der Waals surface area contributed by atoms with Crippen LogP contribution in [0.25, 0.3) is 0 Å². The van der Waals surface area contributed by atoms with E-state index < -0.39 is 5.97 Å². The average Bonchev–Trinajstić information content (AvgIpc) is 2.62. The minimum atomic E-state index is -0.423. The van der Waals surface area contributed by atoms with Gasteiger partial charge in [-0.25, -0.2) is 4.79 Å². The number of nitrogens with zero attached hydrogens (tertiary/aromatic N) is 1. The average molecular weight is 340 g/mol. The first-order valence-electron chi connectivity index (χ1n) is 8.37. The lowest BCUT2D eigenvalue weighted by atomic mass is 10.2. The van der Waals surface area contributed by atoms with E-state index >= 15 is 0 Å². The standard InChI is InChI=1S/C20H24N2O3/c1-3-12-22(14-16-8-5-4-6-9-16)15-19(23)21-18-11-7-10-17(13-18)20(24)25-2/h4-11,13H,3,12,14-15H2,1-2H3,(H,21,23). The first-order chi connectivity index (χ1) is 12.1. The molecule has 0 aliphatic carbocycles. The summed E-state index contributed by atoms with van der Waals surface area (Å²) in [4.78, 5) is 26.1. The third-order valence-corrected chi connectivity index (χ3v) is 3.72. The highest BCUT2D eigenvalue weighted by Crippen LogP contribution is 2.12. The smallest absolute Gasteiger partial charge is 0.337 e. The molecule has 0 fully saturated rings. The van der Waals surface area contributed by atoms with Crippen LogP contribution in [0.4, 0.5) is 5.69 Å². The molecule has 2 rings (SSSR count). The molecule has 5 nitrogen and oxygen atoms in total. The second-order valence-corrected chi connectivity index (χ2v) is 5.82. The van der Waals surface area contributed by atoms with Gasteiger partial charge < -0.3 is 10.1 Å². The van der Waals surface area contributed by atoms with Crippen molar-refractivity contribution in [1.82, 2.24) is 4.90 Å². The molecule has 1 amide bonds. The van der Waals surface area contributed by atoms with Crippen LogP contribution in [0.1, 0.15) is 29.3 Å². The van der Waals surface area contributed by atoms with Crippen LogP contribution in [0.3, 0.4) is 0 Å². The number of methoxy groups -OCH3 is 1. The van der Waals surface area contributed by atoms with Crippen molar-refractivity contribution >= 4 is 17.6 Å². The molecule has 5 heteroatoms. The van der Waals surface area contributed by atoms with E-state index in [1.54, 1.807) is 24.3 Å². The molecule has 0 atom stereocenters. The van der Waals surface area contributed by atoms with E-state index in [1.807, 2.05) is 18.2 Å². The van der Waals surface area contributed by atoms with Gasteiger partial charge in [-0.15, -0.1) is 0 Å². The van der Waals surface area contributed by atoms with Gasteiger partial charge in [0, 0.05) is 12.2 Å². The topological polar surface area (TPSA) is 58.6 Å². The Hall–Kier alpha value is -2.66. The lowest BCUT2D eigenvalue weighted by Crippen LogP contribution is -2.33. The second-order valence-electron chi connectivity index (χ2n) is 5.82. The molecule has 0 radical (unpaired) electrons. The predicted octanol–water partition coefficient (Wildman–Crippen LogP) is 3.32. The van der Waals surface area contributed by atoms with Gasteiger partial charge in [-0.05, 0) is 36.7 Å². The number of benzene rings is 2. The maximum absolute atomic E-state index is 12.4. The third-order valence-electron chi connectivity index (χ3n) is 3.72. The Bertz CT molecular complexity index is 701. The minimum absolute atomic E-state index is 0.105. The van der Waals surface area contributed by atoms with Crippen molar-refractivity contribution in [3.05, 3.63) is 65.7 Å². The fourth-order valence-corrected chi connectivity index (χ4v) is 2.62. The van der Waals surface area contributed by atoms with Gasteiger partial charge in [-0.2, -0.15) is 0 Å². The van der Waals surface area contributed by atoms with Crippen molar-refractivity contribution < 1.29 is 14.3 Å². The van der Waals surface area contributed by atoms with Crippen molar-refractivity contribution in [3.63, 3.8) is 0 Å². The highest BCUT2D eigenvalue weighted by atomic mass is 16.5. The van der Waals surface area contributed by atoms with Crippen LogP contribution in [0.2, 0.25) is 0 Å². The largest absolute Gasteiger partial charge is 0.465 e. The molecule has 0 aliphatic rings. The summed E-state index contributed by atoms with van der Waals surface area (Å²) in [6, 6.07) is 16.8. The quantitative estimate of drug-likeness (QED) is 0.749. The predicted molar refractivity (Wildman–Crippen MR) is 98.4 cm³/mol. The first kappa shape index (κ1) is 18.7. The van der Waals surface area contributed by atoms with Crippen LogP contribution in [0.5, 0.6) is 0 Å². The third kappa shape index (κ3) is 6.04. The summed E-state index contributed by atoms with van der Waals surface area (Å²) in [6.07, 6.45) is 0.970. The normalized spacial score (nSPS) is 10.5. The number of amides is 1. The SMILES string of the molecule is CCCN(CC(=O)Nc1cccc(C(=O)OC)c1)Cc1ccccc1. The number of ether oxygens (including phenoxy) is 1. The van der Waals surface area contributed by atoms with Crippen LogP contribution in [0, 0.1) is 0 Å². The monoisotopic (exact) mass is 340 g/mol. The lowest BCUT2D eigenvalue weighted by Gasteiger charge is -2.21. The van der Waals surface area contributed by atoms with Gasteiger partial charge in [0.25, 0.3) is 0 Å². The van der Waals surface area contributed by atoms with E-state index in [4.69, 9.17) is 4.74 Å². The highest BCUT2D eigenvalue weighted by Gasteiger charge is 2.12. The van der Waals surface area contributed by atoms with Crippen molar-refractivity contribution in [2.75, 3.05) is 25.5 Å². The molecule has 132 valence electrons. The Labute approximate surface area is 148 Å². The zero-order valence-corrected chi connectivity index (χ0v) is 14.7. The Morgan fingerprint density at radius 2 is 1.84 bits per heavy atom. The van der Waals surface area contributed by atoms with Gasteiger partial charge in [0.05, 0.1) is 19.2 Å². The molecule has 0 aromatic heterocycles. The molecular formula is C20H24N2O3. The Kier molecular flexibility index (Phi) is 7.16. The summed E-state index contributed by atoms with van der Waals surface area (Å²) in [7, 11) is 1.33. The maximum Gasteiger partial charge on any atom is 0.337 e. The van der Waals surface area contributed by atoms with Gasteiger partial charge in [0.2, 0.25) is 5.91 Å². The van der Waals surface area contributed by atoms with Crippen LogP contribution in [-0.2, 0) is 16.1 Å². The number of hydrogen-bond acceptors (Lipinski definition) is 4. The van der Waals surface area contributed by atoms with Gasteiger partial charge in [0.1, 0.15) is 0 Å². The summed E-state index contributed by atoms with van der Waals surface area (Å²) in [5.41, 5.74) is 2.18. The number of esters is 1. The second kappa shape index (κ2) is 9.59. The van der Waals surface area contributed by atoms with Crippen molar-refractivity contribution in [2.45, 2.75) is 19.9 Å². The molecule has 1 N–H and O–H groups in total. The Morgan fingerprint density at radius 1 is 1.08 bits per heavy atom. The van der Waals surface area contributed by atoms with Crippen molar-refractivity contribution in [1.29, 1.82) is 0 Å². The maximum atomic E-state index is 12.4. The Balaban J connectivity index is 1.98. The summed E-state index contributed by atoms with van der Waals surface area (Å²) < 4.78 is 4.70. The molecular weight excluding hydrogens is 316 g/mol. The van der Waals surface area contributed by atoms with Gasteiger partial charge in [-0.1, -0.05) is 43.3 Å². The summed E-state index contributed by atoms with van der Waals surface area (Å²) in [6.45, 7) is 3.95. The summed E-state index contributed by atoms with van der Waals surface area (Å²) in [5, 5.41) is 2.85.